The molecule has 0 spiro atoms. The smallest absolute Gasteiger partial charge is 0.128 e. The van der Waals surface area contributed by atoms with Crippen molar-refractivity contribution in [3.63, 3.8) is 0 Å². The van der Waals surface area contributed by atoms with Crippen LogP contribution in [0.4, 0.5) is 10.1 Å². The summed E-state index contributed by atoms with van der Waals surface area (Å²) in [6, 6.07) is 10.5. The van der Waals surface area contributed by atoms with Gasteiger partial charge in [0.15, 0.2) is 0 Å². The standard InChI is InChI=1S/C14H13ClFNS/c1-9-6-12(17)4-5-14(9)18-8-10-2-3-11(15)7-13(10)16/h2-7H,8,17H2,1H3. The van der Waals surface area contributed by atoms with E-state index in [9.17, 15) is 4.39 Å². The van der Waals surface area contributed by atoms with E-state index in [1.807, 2.05) is 25.1 Å². The maximum absolute atomic E-state index is 13.6. The average Bonchev–Trinajstić information content (AvgIpc) is 2.30. The summed E-state index contributed by atoms with van der Waals surface area (Å²) in [6.45, 7) is 2.00. The van der Waals surface area contributed by atoms with Crippen LogP contribution in [0.1, 0.15) is 11.1 Å². The zero-order valence-corrected chi connectivity index (χ0v) is 11.5. The van der Waals surface area contributed by atoms with Crippen molar-refractivity contribution in [2.45, 2.75) is 17.6 Å². The second-order valence-electron chi connectivity index (χ2n) is 4.05. The molecule has 94 valence electrons. The first-order chi connectivity index (χ1) is 8.56. The number of aryl methyl sites for hydroxylation is 1. The fourth-order valence-electron chi connectivity index (χ4n) is 1.63. The van der Waals surface area contributed by atoms with E-state index in [4.69, 9.17) is 17.3 Å². The minimum atomic E-state index is -0.261. The fourth-order valence-corrected chi connectivity index (χ4v) is 2.78. The van der Waals surface area contributed by atoms with Gasteiger partial charge in [0.2, 0.25) is 0 Å². The number of rotatable bonds is 3. The number of nitrogens with two attached hydrogens (primary N) is 1. The number of halogens is 2. The zero-order valence-electron chi connectivity index (χ0n) is 9.91. The molecule has 0 fully saturated rings. The van der Waals surface area contributed by atoms with Crippen LogP contribution in [-0.4, -0.2) is 0 Å². The average molecular weight is 282 g/mol. The quantitative estimate of drug-likeness (QED) is 0.654. The van der Waals surface area contributed by atoms with Crippen molar-refractivity contribution in [1.29, 1.82) is 0 Å². The van der Waals surface area contributed by atoms with Crippen molar-refractivity contribution in [1.82, 2.24) is 0 Å². The van der Waals surface area contributed by atoms with Gasteiger partial charge in [-0.05, 0) is 48.4 Å². The van der Waals surface area contributed by atoms with Gasteiger partial charge in [0.1, 0.15) is 5.82 Å². The molecule has 0 saturated carbocycles. The van der Waals surface area contributed by atoms with Gasteiger partial charge in [-0.15, -0.1) is 11.8 Å². The van der Waals surface area contributed by atoms with Crippen LogP contribution in [0.2, 0.25) is 5.02 Å². The van der Waals surface area contributed by atoms with E-state index in [2.05, 4.69) is 0 Å². The molecular weight excluding hydrogens is 269 g/mol. The maximum atomic E-state index is 13.6. The zero-order chi connectivity index (χ0) is 13.1. The minimum Gasteiger partial charge on any atom is -0.399 e. The topological polar surface area (TPSA) is 26.0 Å². The number of nitrogen functional groups attached to an aromatic ring is 1. The van der Waals surface area contributed by atoms with E-state index in [-0.39, 0.29) is 5.82 Å². The minimum absolute atomic E-state index is 0.261. The summed E-state index contributed by atoms with van der Waals surface area (Å²) in [5.41, 5.74) is 8.20. The van der Waals surface area contributed by atoms with Crippen LogP contribution in [0.25, 0.3) is 0 Å². The molecule has 0 radical (unpaired) electrons. The van der Waals surface area contributed by atoms with E-state index < -0.39 is 0 Å². The summed E-state index contributed by atoms with van der Waals surface area (Å²) < 4.78 is 13.6. The second kappa shape index (κ2) is 5.63. The molecule has 1 nitrogen and oxygen atoms in total. The van der Waals surface area contributed by atoms with Crippen molar-refractivity contribution in [3.8, 4) is 0 Å². The highest BCUT2D eigenvalue weighted by Gasteiger charge is 2.05. The first-order valence-electron chi connectivity index (χ1n) is 5.49. The number of benzene rings is 2. The van der Waals surface area contributed by atoms with Gasteiger partial charge in [0.05, 0.1) is 0 Å². The predicted octanol–water partition coefficient (Wildman–Crippen LogP) is 4.66. The lowest BCUT2D eigenvalue weighted by Crippen LogP contribution is -1.90. The van der Waals surface area contributed by atoms with Crippen LogP contribution in [-0.2, 0) is 5.75 Å². The van der Waals surface area contributed by atoms with Crippen molar-refractivity contribution in [2.75, 3.05) is 5.73 Å². The van der Waals surface area contributed by atoms with E-state index in [1.165, 1.54) is 6.07 Å². The molecule has 0 atom stereocenters. The van der Waals surface area contributed by atoms with Gasteiger partial charge in [0.25, 0.3) is 0 Å². The molecule has 0 aliphatic rings. The largest absolute Gasteiger partial charge is 0.399 e. The Bertz CT molecular complexity index is 520. The lowest BCUT2D eigenvalue weighted by molar-refractivity contribution is 0.617. The van der Waals surface area contributed by atoms with Gasteiger partial charge in [-0.2, -0.15) is 0 Å². The number of hydrogen-bond acceptors (Lipinski definition) is 2. The highest BCUT2D eigenvalue weighted by Crippen LogP contribution is 2.28. The van der Waals surface area contributed by atoms with Crippen molar-refractivity contribution in [2.24, 2.45) is 0 Å². The summed E-state index contributed by atoms with van der Waals surface area (Å²) in [5, 5.41) is 0.421. The van der Waals surface area contributed by atoms with E-state index in [0.717, 1.165) is 16.1 Å². The van der Waals surface area contributed by atoms with Gasteiger partial charge < -0.3 is 5.73 Å². The van der Waals surface area contributed by atoms with Crippen LogP contribution in [0.3, 0.4) is 0 Å². The van der Waals surface area contributed by atoms with Gasteiger partial charge in [-0.3, -0.25) is 0 Å². The molecular formula is C14H13ClFNS. The molecule has 0 amide bonds. The lowest BCUT2D eigenvalue weighted by atomic mass is 10.2. The van der Waals surface area contributed by atoms with Gasteiger partial charge in [-0.1, -0.05) is 17.7 Å². The van der Waals surface area contributed by atoms with Crippen LogP contribution >= 0.6 is 23.4 Å². The normalized spacial score (nSPS) is 10.6. The molecule has 0 heterocycles. The third kappa shape index (κ3) is 3.18. The number of thioether (sulfide) groups is 1. The summed E-state index contributed by atoms with van der Waals surface area (Å²) in [5.74, 6) is 0.316. The van der Waals surface area contributed by atoms with Crippen molar-refractivity contribution < 1.29 is 4.39 Å². The first-order valence-corrected chi connectivity index (χ1v) is 6.85. The summed E-state index contributed by atoms with van der Waals surface area (Å²) >= 11 is 7.31. The Morgan fingerprint density at radius 1 is 1.22 bits per heavy atom. The molecule has 0 bridgehead atoms. The third-order valence-corrected chi connectivity index (χ3v) is 4.06. The van der Waals surface area contributed by atoms with Crippen LogP contribution in [0.15, 0.2) is 41.3 Å². The van der Waals surface area contributed by atoms with E-state index in [0.29, 0.717) is 16.3 Å². The number of hydrogen-bond donors (Lipinski definition) is 1. The summed E-state index contributed by atoms with van der Waals surface area (Å²) in [7, 11) is 0. The Morgan fingerprint density at radius 3 is 2.67 bits per heavy atom. The molecule has 0 aliphatic carbocycles. The predicted molar refractivity (Wildman–Crippen MR) is 76.6 cm³/mol. The Balaban J connectivity index is 2.11. The van der Waals surface area contributed by atoms with Crippen molar-refractivity contribution >= 4 is 29.1 Å². The van der Waals surface area contributed by atoms with Crippen LogP contribution in [0, 0.1) is 12.7 Å². The molecule has 2 N–H and O–H groups in total. The van der Waals surface area contributed by atoms with Gasteiger partial charge in [0, 0.05) is 21.4 Å². The number of anilines is 1. The molecule has 2 aromatic rings. The molecule has 0 saturated heterocycles. The Labute approximate surface area is 115 Å². The van der Waals surface area contributed by atoms with Gasteiger partial charge in [-0.25, -0.2) is 4.39 Å². The fraction of sp³-hybridized carbons (Fsp3) is 0.143. The molecule has 0 aliphatic heterocycles. The summed E-state index contributed by atoms with van der Waals surface area (Å²) in [4.78, 5) is 1.11. The highest BCUT2D eigenvalue weighted by molar-refractivity contribution is 7.98. The van der Waals surface area contributed by atoms with E-state index in [1.54, 1.807) is 23.9 Å². The molecule has 2 aromatic carbocycles. The van der Waals surface area contributed by atoms with E-state index >= 15 is 0 Å². The SMILES string of the molecule is Cc1cc(N)ccc1SCc1ccc(Cl)cc1F. The Hall–Kier alpha value is -1.19. The van der Waals surface area contributed by atoms with Crippen LogP contribution in [0.5, 0.6) is 0 Å². The molecule has 4 heteroatoms. The lowest BCUT2D eigenvalue weighted by Gasteiger charge is -2.07. The Morgan fingerprint density at radius 2 is 2.00 bits per heavy atom. The summed E-state index contributed by atoms with van der Waals surface area (Å²) in [6.07, 6.45) is 0. The van der Waals surface area contributed by atoms with Gasteiger partial charge >= 0.3 is 0 Å². The molecule has 0 unspecified atom stereocenters. The third-order valence-electron chi connectivity index (χ3n) is 2.60. The van der Waals surface area contributed by atoms with Crippen LogP contribution < -0.4 is 5.73 Å². The molecule has 2 rings (SSSR count). The van der Waals surface area contributed by atoms with Crippen molar-refractivity contribution in [3.05, 3.63) is 58.4 Å². The molecule has 0 aromatic heterocycles. The monoisotopic (exact) mass is 281 g/mol. The highest BCUT2D eigenvalue weighted by atomic mass is 35.5. The maximum Gasteiger partial charge on any atom is 0.128 e. The molecule has 18 heavy (non-hydrogen) atoms. The first kappa shape index (κ1) is 13.2. The Kier molecular flexibility index (Phi) is 4.15. The second-order valence-corrected chi connectivity index (χ2v) is 5.50.